The average molecular weight is 341 g/mol. The number of hydrogen-bond acceptors (Lipinski definition) is 5. The highest BCUT2D eigenvalue weighted by atomic mass is 32.2. The molecule has 1 aromatic rings. The summed E-state index contributed by atoms with van der Waals surface area (Å²) in [7, 11) is -1.22. The van der Waals surface area contributed by atoms with Crippen molar-refractivity contribution in [3.05, 3.63) is 29.8 Å². The van der Waals surface area contributed by atoms with Crippen molar-refractivity contribution in [2.75, 3.05) is 20.8 Å². The lowest BCUT2D eigenvalue weighted by molar-refractivity contribution is -0.0258. The number of rotatable bonds is 6. The maximum atomic E-state index is 12.2. The molecular formula is C16H23NO5S. The molecule has 0 spiro atoms. The molecule has 0 heterocycles. The fraction of sp³-hybridized carbons (Fsp3) is 0.562. The zero-order valence-corrected chi connectivity index (χ0v) is 14.3. The number of hydroxylamine groups is 1. The van der Waals surface area contributed by atoms with Crippen molar-refractivity contribution < 1.29 is 22.8 Å². The van der Waals surface area contributed by atoms with Crippen molar-refractivity contribution in [2.24, 2.45) is 5.92 Å². The van der Waals surface area contributed by atoms with E-state index in [1.165, 1.54) is 51.6 Å². The van der Waals surface area contributed by atoms with E-state index >= 15 is 0 Å². The van der Waals surface area contributed by atoms with Crippen LogP contribution in [0.5, 0.6) is 0 Å². The molecule has 1 aliphatic carbocycles. The minimum atomic E-state index is -3.78. The summed E-state index contributed by atoms with van der Waals surface area (Å²) >= 11 is 0. The number of ether oxygens (including phenoxy) is 1. The normalized spacial score (nSPS) is 16.5. The van der Waals surface area contributed by atoms with Crippen LogP contribution in [0.15, 0.2) is 29.2 Å². The summed E-state index contributed by atoms with van der Waals surface area (Å²) in [5.74, 6) is -0.0769. The summed E-state index contributed by atoms with van der Waals surface area (Å²) in [5, 5.41) is 0. The third-order valence-corrected chi connectivity index (χ3v) is 5.81. The summed E-state index contributed by atoms with van der Waals surface area (Å²) in [6.07, 6.45) is 5.77. The van der Waals surface area contributed by atoms with Crippen LogP contribution in [0.25, 0.3) is 0 Å². The third-order valence-electron chi connectivity index (χ3n) is 4.14. The highest BCUT2D eigenvalue weighted by Crippen LogP contribution is 2.24. The predicted molar refractivity (Wildman–Crippen MR) is 85.3 cm³/mol. The first-order valence-corrected chi connectivity index (χ1v) is 9.19. The van der Waals surface area contributed by atoms with Crippen LogP contribution in [0.4, 0.5) is 0 Å². The highest BCUT2D eigenvalue weighted by molar-refractivity contribution is 7.89. The number of nitrogens with zero attached hydrogens (tertiary/aromatic N) is 1. The molecule has 1 aliphatic rings. The van der Waals surface area contributed by atoms with Gasteiger partial charge in [-0.15, -0.1) is 0 Å². The zero-order chi connectivity index (χ0) is 16.9. The van der Waals surface area contributed by atoms with Crippen molar-refractivity contribution in [3.8, 4) is 0 Å². The van der Waals surface area contributed by atoms with Crippen LogP contribution in [0, 0.1) is 5.92 Å². The molecule has 1 aromatic carbocycles. The Labute approximate surface area is 137 Å². The topological polar surface area (TPSA) is 72.9 Å². The smallest absolute Gasteiger partial charge is 0.338 e. The first-order chi connectivity index (χ1) is 10.9. The second-order valence-electron chi connectivity index (χ2n) is 5.73. The third kappa shape index (κ3) is 4.53. The average Bonchev–Trinajstić information content (AvgIpc) is 2.59. The first kappa shape index (κ1) is 17.9. The molecule has 0 aromatic heterocycles. The van der Waals surface area contributed by atoms with Crippen LogP contribution in [-0.2, 0) is 19.6 Å². The molecule has 23 heavy (non-hydrogen) atoms. The van der Waals surface area contributed by atoms with Crippen LogP contribution in [0.1, 0.15) is 42.5 Å². The molecule has 0 atom stereocenters. The molecule has 7 heteroatoms. The Morgan fingerprint density at radius 3 is 2.61 bits per heavy atom. The Bertz CT molecular complexity index is 638. The quantitative estimate of drug-likeness (QED) is 0.587. The van der Waals surface area contributed by atoms with Crippen LogP contribution in [0.2, 0.25) is 0 Å². The summed E-state index contributed by atoms with van der Waals surface area (Å²) in [5.41, 5.74) is 0.228. The largest absolute Gasteiger partial charge is 0.462 e. The Hall–Kier alpha value is -1.44. The molecule has 1 fully saturated rings. The first-order valence-electron chi connectivity index (χ1n) is 7.75. The minimum Gasteiger partial charge on any atom is -0.462 e. The SMILES string of the molecule is CON(C)S(=O)(=O)c1cccc(C(=O)OCC2CCCCC2)c1. The molecule has 0 aliphatic heterocycles. The van der Waals surface area contributed by atoms with E-state index in [2.05, 4.69) is 0 Å². The molecule has 0 radical (unpaired) electrons. The van der Waals surface area contributed by atoms with Gasteiger partial charge < -0.3 is 4.74 Å². The highest BCUT2D eigenvalue weighted by Gasteiger charge is 2.22. The van der Waals surface area contributed by atoms with Crippen molar-refractivity contribution >= 4 is 16.0 Å². The summed E-state index contributed by atoms with van der Waals surface area (Å²) in [6.45, 7) is 0.397. The zero-order valence-electron chi connectivity index (χ0n) is 13.5. The van der Waals surface area contributed by atoms with Gasteiger partial charge in [-0.2, -0.15) is 0 Å². The van der Waals surface area contributed by atoms with Crippen molar-refractivity contribution in [1.29, 1.82) is 0 Å². The van der Waals surface area contributed by atoms with Gasteiger partial charge in [0.25, 0.3) is 10.0 Å². The fourth-order valence-electron chi connectivity index (χ4n) is 2.66. The van der Waals surface area contributed by atoms with E-state index in [1.54, 1.807) is 6.07 Å². The van der Waals surface area contributed by atoms with Crippen molar-refractivity contribution in [1.82, 2.24) is 4.47 Å². The molecule has 0 N–H and O–H groups in total. The Morgan fingerprint density at radius 1 is 1.26 bits per heavy atom. The Kier molecular flexibility index (Phi) is 6.15. The maximum absolute atomic E-state index is 12.2. The predicted octanol–water partition coefficient (Wildman–Crippen LogP) is 2.61. The van der Waals surface area contributed by atoms with Gasteiger partial charge in [-0.25, -0.2) is 13.2 Å². The molecule has 0 amide bonds. The Balaban J connectivity index is 2.05. The summed E-state index contributed by atoms with van der Waals surface area (Å²) in [6, 6.07) is 5.80. The molecule has 1 saturated carbocycles. The van der Waals surface area contributed by atoms with Gasteiger partial charge in [0.05, 0.1) is 24.2 Å². The van der Waals surface area contributed by atoms with Gasteiger partial charge in [-0.1, -0.05) is 29.8 Å². The van der Waals surface area contributed by atoms with Crippen LogP contribution < -0.4 is 0 Å². The van der Waals surface area contributed by atoms with E-state index in [0.29, 0.717) is 12.5 Å². The van der Waals surface area contributed by atoms with E-state index < -0.39 is 16.0 Å². The molecule has 128 valence electrons. The number of sulfonamides is 1. The van der Waals surface area contributed by atoms with Gasteiger partial charge in [-0.3, -0.25) is 4.84 Å². The lowest BCUT2D eigenvalue weighted by Crippen LogP contribution is -2.26. The van der Waals surface area contributed by atoms with Crippen LogP contribution in [-0.4, -0.2) is 39.6 Å². The van der Waals surface area contributed by atoms with Gasteiger partial charge in [0.15, 0.2) is 0 Å². The molecule has 0 saturated heterocycles. The second kappa shape index (κ2) is 7.90. The number of esters is 1. The van der Waals surface area contributed by atoms with E-state index in [0.717, 1.165) is 17.3 Å². The number of carbonyl (C=O) groups excluding carboxylic acids is 1. The van der Waals surface area contributed by atoms with Gasteiger partial charge in [-0.05, 0) is 37.0 Å². The summed E-state index contributed by atoms with van der Waals surface area (Å²) < 4.78 is 30.5. The van der Waals surface area contributed by atoms with Crippen molar-refractivity contribution in [3.63, 3.8) is 0 Å². The molecule has 6 nitrogen and oxygen atoms in total. The Morgan fingerprint density at radius 2 is 1.96 bits per heavy atom. The van der Waals surface area contributed by atoms with E-state index in [-0.39, 0.29) is 10.5 Å². The monoisotopic (exact) mass is 341 g/mol. The second-order valence-corrected chi connectivity index (χ2v) is 7.66. The molecule has 0 bridgehead atoms. The molecule has 0 unspecified atom stereocenters. The van der Waals surface area contributed by atoms with Crippen LogP contribution >= 0.6 is 0 Å². The fourth-order valence-corrected chi connectivity index (χ4v) is 3.68. The molecular weight excluding hydrogens is 318 g/mol. The van der Waals surface area contributed by atoms with Gasteiger partial charge in [0, 0.05) is 7.05 Å². The van der Waals surface area contributed by atoms with E-state index in [4.69, 9.17) is 9.57 Å². The van der Waals surface area contributed by atoms with Gasteiger partial charge >= 0.3 is 5.97 Å². The number of benzene rings is 1. The maximum Gasteiger partial charge on any atom is 0.338 e. The minimum absolute atomic E-state index is 0.00559. The van der Waals surface area contributed by atoms with Gasteiger partial charge in [0.1, 0.15) is 0 Å². The number of hydrogen-bond donors (Lipinski definition) is 0. The van der Waals surface area contributed by atoms with Gasteiger partial charge in [0.2, 0.25) is 0 Å². The molecule has 2 rings (SSSR count). The van der Waals surface area contributed by atoms with Crippen LogP contribution in [0.3, 0.4) is 0 Å². The van der Waals surface area contributed by atoms with Crippen molar-refractivity contribution in [2.45, 2.75) is 37.0 Å². The van der Waals surface area contributed by atoms with E-state index in [9.17, 15) is 13.2 Å². The lowest BCUT2D eigenvalue weighted by atomic mass is 9.90. The van der Waals surface area contributed by atoms with E-state index in [1.807, 2.05) is 0 Å². The standard InChI is InChI=1S/C16H23NO5S/c1-17(21-2)23(19,20)15-10-6-9-14(11-15)16(18)22-12-13-7-4-3-5-8-13/h6,9-11,13H,3-5,7-8,12H2,1-2H3. The lowest BCUT2D eigenvalue weighted by Gasteiger charge is -2.21. The summed E-state index contributed by atoms with van der Waals surface area (Å²) in [4.78, 5) is 16.9. The number of carbonyl (C=O) groups is 1.